The molecular weight excluding hydrogens is 469 g/mol. The number of amides is 1. The number of nitrogens with one attached hydrogen (secondary N) is 2. The third-order valence-corrected chi connectivity index (χ3v) is 6.77. The Kier molecular flexibility index (Phi) is 7.24. The fraction of sp³-hybridized carbons (Fsp3) is 0.357. The molecule has 4 rings (SSSR count). The van der Waals surface area contributed by atoms with Gasteiger partial charge in [0.25, 0.3) is 5.91 Å². The van der Waals surface area contributed by atoms with Crippen molar-refractivity contribution in [3.05, 3.63) is 77.5 Å². The predicted octanol–water partition coefficient (Wildman–Crippen LogP) is 7.18. The molecule has 0 saturated heterocycles. The molecule has 1 heterocycles. The number of carbonyl (C=O) groups is 2. The summed E-state index contributed by atoms with van der Waals surface area (Å²) in [6.45, 7) is 6.32. The lowest BCUT2D eigenvalue weighted by Gasteiger charge is -2.37. The predicted molar refractivity (Wildman–Crippen MR) is 132 cm³/mol. The van der Waals surface area contributed by atoms with E-state index in [0.29, 0.717) is 11.5 Å². The van der Waals surface area contributed by atoms with E-state index < -0.39 is 23.6 Å². The first-order valence-corrected chi connectivity index (χ1v) is 12.0. The number of rotatable bonds is 5. The summed E-state index contributed by atoms with van der Waals surface area (Å²) in [7, 11) is 0. The van der Waals surface area contributed by atoms with Gasteiger partial charge in [-0.15, -0.1) is 0 Å². The molecule has 2 atom stereocenters. The van der Waals surface area contributed by atoms with Gasteiger partial charge in [0.05, 0.1) is 5.56 Å². The summed E-state index contributed by atoms with van der Waals surface area (Å²) in [5.41, 5.74) is 0.298. The molecule has 0 spiro atoms. The fourth-order valence-electron chi connectivity index (χ4n) is 5.21. The van der Waals surface area contributed by atoms with Gasteiger partial charge in [0.15, 0.2) is 0 Å². The minimum Gasteiger partial charge on any atom is -0.458 e. The topological polar surface area (TPSA) is 71.2 Å². The minimum absolute atomic E-state index is 0.0748. The van der Waals surface area contributed by atoms with Gasteiger partial charge in [0.1, 0.15) is 17.5 Å². The zero-order valence-electron chi connectivity index (χ0n) is 20.4. The number of hydrogen-bond acceptors (Lipinski definition) is 3. The number of alkyl halides is 3. The van der Waals surface area contributed by atoms with Gasteiger partial charge in [-0.25, -0.2) is 4.79 Å². The molecule has 3 aromatic rings. The molecule has 1 aromatic heterocycles. The average Bonchev–Trinajstić information content (AvgIpc) is 3.25. The lowest BCUT2D eigenvalue weighted by atomic mass is 9.75. The molecule has 190 valence electrons. The summed E-state index contributed by atoms with van der Waals surface area (Å²) >= 11 is 0. The Morgan fingerprint density at radius 3 is 2.28 bits per heavy atom. The molecule has 1 fully saturated rings. The van der Waals surface area contributed by atoms with E-state index in [1.165, 1.54) is 12.1 Å². The Balaban J connectivity index is 1.66. The molecule has 1 saturated carbocycles. The van der Waals surface area contributed by atoms with E-state index in [2.05, 4.69) is 31.1 Å². The Morgan fingerprint density at radius 2 is 1.64 bits per heavy atom. The van der Waals surface area contributed by atoms with E-state index in [-0.39, 0.29) is 34.9 Å². The third-order valence-electron chi connectivity index (χ3n) is 6.77. The van der Waals surface area contributed by atoms with Gasteiger partial charge in [-0.3, -0.25) is 4.79 Å². The zero-order chi connectivity index (χ0) is 26.0. The number of anilines is 1. The number of ether oxygens (including phenoxy) is 1. The lowest BCUT2D eigenvalue weighted by Crippen LogP contribution is -2.37. The van der Waals surface area contributed by atoms with E-state index in [1.54, 1.807) is 6.20 Å². The molecule has 2 N–H and O–H groups in total. The normalized spacial score (nSPS) is 22.2. The van der Waals surface area contributed by atoms with Crippen molar-refractivity contribution >= 4 is 17.7 Å². The maximum absolute atomic E-state index is 13.5. The van der Waals surface area contributed by atoms with Crippen molar-refractivity contribution in [1.29, 1.82) is 0 Å². The highest BCUT2D eigenvalue weighted by Crippen LogP contribution is 2.37. The second-order valence-corrected chi connectivity index (χ2v) is 9.75. The summed E-state index contributed by atoms with van der Waals surface area (Å²) in [6, 6.07) is 13.3. The first kappa shape index (κ1) is 25.5. The summed E-state index contributed by atoms with van der Waals surface area (Å²) in [6.07, 6.45) is -1.38. The number of carbonyl (C=O) groups excluding carboxylic acids is 2. The van der Waals surface area contributed by atoms with Crippen LogP contribution in [0.4, 0.5) is 19.0 Å². The maximum Gasteiger partial charge on any atom is 0.416 e. The van der Waals surface area contributed by atoms with Gasteiger partial charge >= 0.3 is 12.1 Å². The summed E-state index contributed by atoms with van der Waals surface area (Å²) in [5, 5.41) is 2.58. The van der Waals surface area contributed by atoms with Crippen LogP contribution in [0.25, 0.3) is 11.1 Å². The number of esters is 1. The number of hydrogen-bond donors (Lipinski definition) is 2. The van der Waals surface area contributed by atoms with Crippen LogP contribution in [-0.4, -0.2) is 23.0 Å². The highest BCUT2D eigenvalue weighted by atomic mass is 19.4. The quantitative estimate of drug-likeness (QED) is 0.366. The van der Waals surface area contributed by atoms with Crippen molar-refractivity contribution < 1.29 is 27.5 Å². The molecular formula is C28H29F3N2O3. The van der Waals surface area contributed by atoms with Gasteiger partial charge in [0, 0.05) is 17.3 Å². The summed E-state index contributed by atoms with van der Waals surface area (Å²) < 4.78 is 45.4. The molecule has 1 amide bonds. The van der Waals surface area contributed by atoms with Gasteiger partial charge < -0.3 is 15.0 Å². The highest BCUT2D eigenvalue weighted by Gasteiger charge is 2.36. The molecule has 0 radical (unpaired) electrons. The SMILES string of the molecule is CC1CC(C)C(OC(=O)c2c(-c3ccccc3)c[nH]c2NC(=O)c2cccc(C(F)(F)F)c2)C(C)C1. The average molecular weight is 499 g/mol. The lowest BCUT2D eigenvalue weighted by molar-refractivity contribution is -0.137. The van der Waals surface area contributed by atoms with Crippen LogP contribution in [-0.2, 0) is 10.9 Å². The summed E-state index contributed by atoms with van der Waals surface area (Å²) in [5.74, 6) is -0.396. The molecule has 36 heavy (non-hydrogen) atoms. The molecule has 2 aromatic carbocycles. The number of halogens is 3. The fourth-order valence-corrected chi connectivity index (χ4v) is 5.21. The van der Waals surface area contributed by atoms with Crippen molar-refractivity contribution in [2.45, 2.75) is 45.9 Å². The van der Waals surface area contributed by atoms with Crippen molar-refractivity contribution in [3.8, 4) is 11.1 Å². The standard InChI is InChI=1S/C28H29F3N2O3/c1-16-12-17(2)24(18(3)13-16)36-27(35)23-22(19-8-5-4-6-9-19)15-32-25(23)33-26(34)20-10-7-11-21(14-20)28(29,30)31/h4-11,14-18,24,32H,12-13H2,1-3H3,(H,33,34). The van der Waals surface area contributed by atoms with Crippen molar-refractivity contribution in [1.82, 2.24) is 4.98 Å². The van der Waals surface area contributed by atoms with E-state index >= 15 is 0 Å². The van der Waals surface area contributed by atoms with Gasteiger partial charge in [0.2, 0.25) is 0 Å². The molecule has 0 bridgehead atoms. The van der Waals surface area contributed by atoms with Crippen LogP contribution in [0.3, 0.4) is 0 Å². The number of aromatic amines is 1. The van der Waals surface area contributed by atoms with E-state index in [0.717, 1.165) is 30.5 Å². The molecule has 1 aliphatic carbocycles. The van der Waals surface area contributed by atoms with E-state index in [1.807, 2.05) is 30.3 Å². The van der Waals surface area contributed by atoms with Crippen LogP contribution in [0.1, 0.15) is 59.9 Å². The second kappa shape index (κ2) is 10.2. The first-order chi connectivity index (χ1) is 17.0. The van der Waals surface area contributed by atoms with Crippen molar-refractivity contribution in [2.75, 3.05) is 5.32 Å². The van der Waals surface area contributed by atoms with Gasteiger partial charge in [-0.05, 0) is 54.4 Å². The molecule has 0 aliphatic heterocycles. The highest BCUT2D eigenvalue weighted by molar-refractivity contribution is 6.10. The number of aromatic nitrogens is 1. The third kappa shape index (κ3) is 5.48. The van der Waals surface area contributed by atoms with Crippen molar-refractivity contribution in [3.63, 3.8) is 0 Å². The Labute approximate surface area is 208 Å². The van der Waals surface area contributed by atoms with Crippen LogP contribution in [0.5, 0.6) is 0 Å². The number of H-pyrrole nitrogens is 1. The van der Waals surface area contributed by atoms with Crippen LogP contribution in [0.2, 0.25) is 0 Å². The monoisotopic (exact) mass is 498 g/mol. The van der Waals surface area contributed by atoms with Crippen LogP contribution in [0, 0.1) is 17.8 Å². The zero-order valence-corrected chi connectivity index (χ0v) is 20.4. The Bertz CT molecular complexity index is 1220. The molecule has 8 heteroatoms. The van der Waals surface area contributed by atoms with Crippen molar-refractivity contribution in [2.24, 2.45) is 17.8 Å². The first-order valence-electron chi connectivity index (χ1n) is 12.0. The largest absolute Gasteiger partial charge is 0.458 e. The second-order valence-electron chi connectivity index (χ2n) is 9.75. The Morgan fingerprint density at radius 1 is 0.972 bits per heavy atom. The van der Waals surface area contributed by atoms with Gasteiger partial charge in [-0.2, -0.15) is 13.2 Å². The van der Waals surface area contributed by atoms with E-state index in [4.69, 9.17) is 4.74 Å². The minimum atomic E-state index is -4.58. The summed E-state index contributed by atoms with van der Waals surface area (Å²) in [4.78, 5) is 29.3. The van der Waals surface area contributed by atoms with Crippen LogP contribution < -0.4 is 5.32 Å². The van der Waals surface area contributed by atoms with Crippen LogP contribution >= 0.6 is 0 Å². The maximum atomic E-state index is 13.5. The smallest absolute Gasteiger partial charge is 0.416 e. The van der Waals surface area contributed by atoms with Crippen LogP contribution in [0.15, 0.2) is 60.8 Å². The molecule has 5 nitrogen and oxygen atoms in total. The van der Waals surface area contributed by atoms with E-state index in [9.17, 15) is 22.8 Å². The molecule has 2 unspecified atom stereocenters. The Hall–Kier alpha value is -3.55. The molecule has 1 aliphatic rings. The van der Waals surface area contributed by atoms with Gasteiger partial charge in [-0.1, -0.05) is 57.2 Å². The number of benzene rings is 2.